The van der Waals surface area contributed by atoms with Gasteiger partial charge in [-0.25, -0.2) is 4.79 Å². The van der Waals surface area contributed by atoms with Crippen LogP contribution in [0.5, 0.6) is 0 Å². The van der Waals surface area contributed by atoms with Gasteiger partial charge in [-0.05, 0) is 98.3 Å². The third-order valence-corrected chi connectivity index (χ3v) is 12.7. The highest BCUT2D eigenvalue weighted by molar-refractivity contribution is 9.10. The third-order valence-electron chi connectivity index (χ3n) is 12.2. The van der Waals surface area contributed by atoms with Gasteiger partial charge >= 0.3 is 5.97 Å². The van der Waals surface area contributed by atoms with Crippen molar-refractivity contribution in [3.8, 4) is 0 Å². The maximum atomic E-state index is 12.9. The monoisotopic (exact) mass is 614 g/mol. The Labute approximate surface area is 248 Å². The number of esters is 1. The molecule has 1 aromatic carbocycles. The Morgan fingerprint density at radius 2 is 1.80 bits per heavy atom. The number of epoxide rings is 3. The highest BCUT2D eigenvalue weighted by Crippen LogP contribution is 2.72. The molecule has 0 radical (unpaired) electrons. The predicted octanol–water partition coefficient (Wildman–Crippen LogP) is 7.88. The van der Waals surface area contributed by atoms with Crippen molar-refractivity contribution in [2.45, 2.75) is 133 Å². The van der Waals surface area contributed by atoms with E-state index < -0.39 is 0 Å². The molecule has 0 amide bonds. The summed E-state index contributed by atoms with van der Waals surface area (Å²) in [5.41, 5.74) is 0.376. The lowest BCUT2D eigenvalue weighted by Gasteiger charge is -2.46. The quantitative estimate of drug-likeness (QED) is 0.220. The Morgan fingerprint density at radius 3 is 2.52 bits per heavy atom. The average molecular weight is 616 g/mol. The van der Waals surface area contributed by atoms with Gasteiger partial charge in [0.25, 0.3) is 0 Å². The van der Waals surface area contributed by atoms with Gasteiger partial charge in [-0.15, -0.1) is 0 Å². The van der Waals surface area contributed by atoms with Gasteiger partial charge in [-0.1, -0.05) is 62.9 Å². The second kappa shape index (κ2) is 9.79. The zero-order valence-corrected chi connectivity index (χ0v) is 26.3. The first kappa shape index (κ1) is 27.9. The fraction of sp³-hybridized carbons (Fsp3) is 0.794. The van der Waals surface area contributed by atoms with Gasteiger partial charge in [0.05, 0.1) is 12.2 Å². The molecule has 0 aromatic heterocycles. The maximum absolute atomic E-state index is 12.9. The van der Waals surface area contributed by atoms with E-state index in [1.165, 1.54) is 44.9 Å². The summed E-state index contributed by atoms with van der Waals surface area (Å²) in [5.74, 6) is 2.76. The van der Waals surface area contributed by atoms with Gasteiger partial charge in [0.15, 0.2) is 0 Å². The number of halogens is 1. The van der Waals surface area contributed by atoms with Crippen LogP contribution in [0.15, 0.2) is 28.7 Å². The van der Waals surface area contributed by atoms with Crippen LogP contribution in [0.1, 0.15) is 109 Å². The average Bonchev–Trinajstić information content (AvgIpc) is 3.85. The van der Waals surface area contributed by atoms with Crippen molar-refractivity contribution in [2.75, 3.05) is 6.61 Å². The fourth-order valence-corrected chi connectivity index (χ4v) is 10.2. The lowest BCUT2D eigenvalue weighted by molar-refractivity contribution is -0.00943. The topological polar surface area (TPSA) is 63.9 Å². The standard InChI is InChI=1S/C34H47BrO5/c1-21(2)7-5-8-22(3)26-13-14-27-31(26,4)16-6-17-33(27)28(39-33)29-34(40-29)19-25(15-18-32(34)20-37-32)38-30(36)23-9-11-24(35)12-10-23/h9-12,21-22,25-29H,5-8,13-20H2,1-4H3/t22-,25+,26-,27-,28-,29-,31-,32-,33-,34-/m1/s1. The van der Waals surface area contributed by atoms with E-state index in [1.807, 2.05) is 24.3 Å². The van der Waals surface area contributed by atoms with Crippen LogP contribution in [0, 0.1) is 29.1 Å². The number of fused-ring (bicyclic) bond motifs is 3. The first-order chi connectivity index (χ1) is 19.1. The zero-order chi connectivity index (χ0) is 27.9. The summed E-state index contributed by atoms with van der Waals surface area (Å²) in [5, 5.41) is 0. The zero-order valence-electron chi connectivity index (χ0n) is 24.8. The highest BCUT2D eigenvalue weighted by atomic mass is 79.9. The highest BCUT2D eigenvalue weighted by Gasteiger charge is 2.85. The van der Waals surface area contributed by atoms with Crippen LogP contribution in [0.2, 0.25) is 0 Å². The van der Waals surface area contributed by atoms with Crippen LogP contribution in [-0.4, -0.2) is 47.7 Å². The maximum Gasteiger partial charge on any atom is 0.338 e. The molecule has 3 heterocycles. The fourth-order valence-electron chi connectivity index (χ4n) is 9.98. The summed E-state index contributed by atoms with van der Waals surface area (Å²) in [6.45, 7) is 10.6. The minimum atomic E-state index is -0.361. The van der Waals surface area contributed by atoms with Crippen LogP contribution in [-0.2, 0) is 18.9 Å². The minimum Gasteiger partial charge on any atom is -0.459 e. The van der Waals surface area contributed by atoms with Crippen molar-refractivity contribution in [1.82, 2.24) is 0 Å². The van der Waals surface area contributed by atoms with Crippen LogP contribution in [0.4, 0.5) is 0 Å². The lowest BCUT2D eigenvalue weighted by Crippen LogP contribution is -2.48. The largest absolute Gasteiger partial charge is 0.459 e. The molecule has 6 heteroatoms. The Kier molecular flexibility index (Phi) is 6.82. The molecule has 3 aliphatic heterocycles. The number of ether oxygens (including phenoxy) is 4. The molecule has 6 aliphatic rings. The predicted molar refractivity (Wildman–Crippen MR) is 157 cm³/mol. The van der Waals surface area contributed by atoms with E-state index in [2.05, 4.69) is 43.6 Å². The van der Waals surface area contributed by atoms with E-state index in [9.17, 15) is 4.79 Å². The van der Waals surface area contributed by atoms with E-state index in [1.54, 1.807) is 0 Å². The molecule has 7 rings (SSSR count). The Hall–Kier alpha value is -0.950. The Balaban J connectivity index is 1.03. The normalized spacial score (nSPS) is 45.6. The number of carbonyl (C=O) groups is 1. The van der Waals surface area contributed by atoms with Crippen molar-refractivity contribution in [3.05, 3.63) is 34.3 Å². The molecule has 3 aliphatic carbocycles. The van der Waals surface area contributed by atoms with Crippen LogP contribution in [0.25, 0.3) is 0 Å². The molecular weight excluding hydrogens is 568 g/mol. The lowest BCUT2D eigenvalue weighted by atomic mass is 9.57. The number of hydrogen-bond donors (Lipinski definition) is 0. The molecule has 0 unspecified atom stereocenters. The van der Waals surface area contributed by atoms with Gasteiger partial charge in [0, 0.05) is 10.9 Å². The summed E-state index contributed by atoms with van der Waals surface area (Å²) in [6.07, 6.45) is 13.0. The van der Waals surface area contributed by atoms with Crippen molar-refractivity contribution < 1.29 is 23.7 Å². The van der Waals surface area contributed by atoms with Gasteiger partial charge in [-0.2, -0.15) is 0 Å². The van der Waals surface area contributed by atoms with E-state index in [0.717, 1.165) is 48.1 Å². The molecule has 6 fully saturated rings. The van der Waals surface area contributed by atoms with E-state index >= 15 is 0 Å². The third kappa shape index (κ3) is 4.36. The molecule has 0 N–H and O–H groups in total. The van der Waals surface area contributed by atoms with E-state index in [4.69, 9.17) is 18.9 Å². The Bertz CT molecular complexity index is 1130. The molecular formula is C34H47BrO5. The molecule has 40 heavy (non-hydrogen) atoms. The van der Waals surface area contributed by atoms with Gasteiger partial charge < -0.3 is 18.9 Å². The summed E-state index contributed by atoms with van der Waals surface area (Å²) in [7, 11) is 0. The number of hydrogen-bond acceptors (Lipinski definition) is 5. The molecule has 5 nitrogen and oxygen atoms in total. The first-order valence-corrected chi connectivity index (χ1v) is 16.9. The number of carbonyl (C=O) groups excluding carboxylic acids is 1. The number of rotatable bonds is 8. The molecule has 1 aromatic rings. The second-order valence-corrected chi connectivity index (χ2v) is 15.8. The van der Waals surface area contributed by atoms with Crippen molar-refractivity contribution in [3.63, 3.8) is 0 Å². The van der Waals surface area contributed by atoms with Crippen molar-refractivity contribution >= 4 is 21.9 Å². The Morgan fingerprint density at radius 1 is 1.02 bits per heavy atom. The molecule has 3 saturated heterocycles. The SMILES string of the molecule is CC(C)CCC[C@@H](C)[C@H]1CC[C@@H]2[C@]1(C)CCC[C@@]21O[C@@H]1[C@H]1O[C@]12C[C@@H](OC(=O)c1ccc(Br)cc1)CC[C@@]21CO1. The van der Waals surface area contributed by atoms with Gasteiger partial charge in [-0.3, -0.25) is 0 Å². The molecule has 0 bridgehead atoms. The molecule has 10 atom stereocenters. The van der Waals surface area contributed by atoms with Crippen LogP contribution in [0.3, 0.4) is 0 Å². The number of benzene rings is 1. The molecule has 3 saturated carbocycles. The summed E-state index contributed by atoms with van der Waals surface area (Å²) in [4.78, 5) is 12.9. The van der Waals surface area contributed by atoms with Gasteiger partial charge in [0.2, 0.25) is 0 Å². The van der Waals surface area contributed by atoms with Crippen LogP contribution < -0.4 is 0 Å². The molecule has 3 spiro atoms. The smallest absolute Gasteiger partial charge is 0.338 e. The van der Waals surface area contributed by atoms with E-state index in [-0.39, 0.29) is 41.1 Å². The summed E-state index contributed by atoms with van der Waals surface area (Å²) >= 11 is 3.44. The van der Waals surface area contributed by atoms with Crippen molar-refractivity contribution in [1.29, 1.82) is 0 Å². The minimum absolute atomic E-state index is 0.0231. The van der Waals surface area contributed by atoms with Crippen molar-refractivity contribution in [2.24, 2.45) is 29.1 Å². The van der Waals surface area contributed by atoms with E-state index in [0.29, 0.717) is 23.3 Å². The molecule has 220 valence electrons. The van der Waals surface area contributed by atoms with Crippen LogP contribution >= 0.6 is 15.9 Å². The first-order valence-electron chi connectivity index (χ1n) is 16.1. The summed E-state index contributed by atoms with van der Waals surface area (Å²) in [6, 6.07) is 7.39. The summed E-state index contributed by atoms with van der Waals surface area (Å²) < 4.78 is 26.7. The van der Waals surface area contributed by atoms with Gasteiger partial charge in [0.1, 0.15) is 35.1 Å². The second-order valence-electron chi connectivity index (χ2n) is 14.9.